The molecule has 0 atom stereocenters. The first-order valence-electron chi connectivity index (χ1n) is 12.2. The third kappa shape index (κ3) is 7.25. The quantitative estimate of drug-likeness (QED) is 0.354. The fourth-order valence-corrected chi connectivity index (χ4v) is 4.87. The summed E-state index contributed by atoms with van der Waals surface area (Å²) in [4.78, 5) is 8.72. The third-order valence-corrected chi connectivity index (χ3v) is 5.91. The third-order valence-electron chi connectivity index (χ3n) is 5.91. The number of rotatable bonds is 10. The molecular weight excluding hydrogens is 496 g/mol. The number of anilines is 3. The van der Waals surface area contributed by atoms with Gasteiger partial charge in [-0.3, -0.25) is 0 Å². The van der Waals surface area contributed by atoms with Gasteiger partial charge in [0.25, 0.3) is 0 Å². The van der Waals surface area contributed by atoms with E-state index < -0.39 is 6.61 Å². The number of nitriles is 1. The van der Waals surface area contributed by atoms with Gasteiger partial charge < -0.3 is 25.4 Å². The minimum atomic E-state index is -3.04. The van der Waals surface area contributed by atoms with Gasteiger partial charge in [0.15, 0.2) is 11.5 Å². The van der Waals surface area contributed by atoms with Crippen molar-refractivity contribution in [2.24, 2.45) is 0 Å². The van der Waals surface area contributed by atoms with Crippen LogP contribution in [0.4, 0.5) is 26.2 Å². The summed E-state index contributed by atoms with van der Waals surface area (Å²) in [6, 6.07) is 6.73. The standard InChI is InChI=1S/C25H31F2N9O2/c1-24(2)12-18(13-25(3,4)34-24)31-21-16(14-28)15-29-23(33-21)32-17-5-6-19(20(11-17)38-22(26)27)37-10-9-36-8-7-30-35-36/h5-8,11,15,18,22,34H,9-10,12-13H2,1-4H3,(H2,29,31,32,33). The van der Waals surface area contributed by atoms with Gasteiger partial charge >= 0.3 is 6.61 Å². The topological polar surface area (TPSA) is 135 Å². The Balaban J connectivity index is 1.50. The molecule has 0 saturated carbocycles. The number of hydrogen-bond acceptors (Lipinski definition) is 10. The first kappa shape index (κ1) is 27.0. The van der Waals surface area contributed by atoms with Gasteiger partial charge in [-0.05, 0) is 52.7 Å². The number of aromatic nitrogens is 5. The number of alkyl halides is 2. The van der Waals surface area contributed by atoms with Gasteiger partial charge in [-0.15, -0.1) is 5.10 Å². The number of nitrogens with zero attached hydrogens (tertiary/aromatic N) is 6. The zero-order chi connectivity index (χ0) is 27.3. The fourth-order valence-electron chi connectivity index (χ4n) is 4.87. The first-order valence-corrected chi connectivity index (χ1v) is 12.2. The monoisotopic (exact) mass is 527 g/mol. The molecule has 1 aliphatic rings. The van der Waals surface area contributed by atoms with Crippen LogP contribution in [-0.2, 0) is 6.54 Å². The summed E-state index contributed by atoms with van der Waals surface area (Å²) < 4.78 is 38.0. The van der Waals surface area contributed by atoms with E-state index in [1.54, 1.807) is 16.9 Å². The number of piperidine rings is 1. The van der Waals surface area contributed by atoms with Gasteiger partial charge in [0.1, 0.15) is 24.1 Å². The highest BCUT2D eigenvalue weighted by atomic mass is 19.3. The number of ether oxygens (including phenoxy) is 2. The van der Waals surface area contributed by atoms with Crippen LogP contribution in [0, 0.1) is 11.3 Å². The predicted molar refractivity (Wildman–Crippen MR) is 137 cm³/mol. The molecular formula is C25H31F2N9O2. The maximum absolute atomic E-state index is 13.1. The van der Waals surface area contributed by atoms with Crippen molar-refractivity contribution < 1.29 is 18.3 Å². The molecule has 11 nitrogen and oxygen atoms in total. The molecule has 2 aromatic heterocycles. The van der Waals surface area contributed by atoms with Gasteiger partial charge in [0.05, 0.1) is 18.9 Å². The van der Waals surface area contributed by atoms with Crippen LogP contribution in [0.25, 0.3) is 0 Å². The maximum Gasteiger partial charge on any atom is 0.387 e. The molecule has 0 amide bonds. The van der Waals surface area contributed by atoms with Gasteiger partial charge in [0.2, 0.25) is 5.95 Å². The molecule has 0 spiro atoms. The van der Waals surface area contributed by atoms with Gasteiger partial charge in [-0.25, -0.2) is 9.67 Å². The number of halogens is 2. The van der Waals surface area contributed by atoms with Crippen molar-refractivity contribution in [1.82, 2.24) is 30.3 Å². The lowest BCUT2D eigenvalue weighted by atomic mass is 9.79. The minimum absolute atomic E-state index is 0.0797. The van der Waals surface area contributed by atoms with Crippen LogP contribution in [0.1, 0.15) is 46.1 Å². The zero-order valence-electron chi connectivity index (χ0n) is 21.7. The summed E-state index contributed by atoms with van der Waals surface area (Å²) in [5, 5.41) is 27.2. The maximum atomic E-state index is 13.1. The molecule has 4 rings (SSSR count). The summed E-state index contributed by atoms with van der Waals surface area (Å²) in [7, 11) is 0. The molecule has 38 heavy (non-hydrogen) atoms. The van der Waals surface area contributed by atoms with E-state index in [-0.39, 0.29) is 41.2 Å². The van der Waals surface area contributed by atoms with Gasteiger partial charge in [-0.1, -0.05) is 5.21 Å². The molecule has 13 heteroatoms. The second-order valence-electron chi connectivity index (χ2n) is 10.4. The van der Waals surface area contributed by atoms with E-state index in [1.165, 1.54) is 24.5 Å². The highest BCUT2D eigenvalue weighted by molar-refractivity contribution is 5.62. The SMILES string of the molecule is CC1(C)CC(Nc2nc(Nc3ccc(OCCn4ccnn4)c(OC(F)F)c3)ncc2C#N)CC(C)(C)N1. The van der Waals surface area contributed by atoms with E-state index in [2.05, 4.69) is 74.7 Å². The Hall–Kier alpha value is -4.05. The Morgan fingerprint density at radius 3 is 2.63 bits per heavy atom. The summed E-state index contributed by atoms with van der Waals surface area (Å²) in [5.74, 6) is 0.604. The van der Waals surface area contributed by atoms with E-state index in [1.807, 2.05) is 0 Å². The Bertz CT molecular complexity index is 1260. The smallest absolute Gasteiger partial charge is 0.387 e. The lowest BCUT2D eigenvalue weighted by Crippen LogP contribution is -2.60. The molecule has 1 aliphatic heterocycles. The predicted octanol–water partition coefficient (Wildman–Crippen LogP) is 4.08. The molecule has 0 bridgehead atoms. The molecule has 1 saturated heterocycles. The van der Waals surface area contributed by atoms with Crippen molar-refractivity contribution in [3.05, 3.63) is 42.4 Å². The summed E-state index contributed by atoms with van der Waals surface area (Å²) >= 11 is 0. The van der Waals surface area contributed by atoms with E-state index in [4.69, 9.17) is 4.74 Å². The number of hydrogen-bond donors (Lipinski definition) is 3. The first-order chi connectivity index (χ1) is 18.0. The van der Waals surface area contributed by atoms with Crippen LogP contribution in [0.3, 0.4) is 0 Å². The number of nitrogens with one attached hydrogen (secondary N) is 3. The normalized spacial score (nSPS) is 16.6. The second-order valence-corrected chi connectivity index (χ2v) is 10.4. The fraction of sp³-hybridized carbons (Fsp3) is 0.480. The Morgan fingerprint density at radius 2 is 1.97 bits per heavy atom. The van der Waals surface area contributed by atoms with E-state index in [0.29, 0.717) is 23.6 Å². The summed E-state index contributed by atoms with van der Waals surface area (Å²) in [6.07, 6.45) is 6.29. The lowest BCUT2D eigenvalue weighted by Gasteiger charge is -2.46. The van der Waals surface area contributed by atoms with Crippen LogP contribution in [0.2, 0.25) is 0 Å². The lowest BCUT2D eigenvalue weighted by molar-refractivity contribution is -0.0514. The van der Waals surface area contributed by atoms with E-state index in [0.717, 1.165) is 12.8 Å². The molecule has 0 unspecified atom stereocenters. The van der Waals surface area contributed by atoms with Crippen molar-refractivity contribution in [1.29, 1.82) is 5.26 Å². The average Bonchev–Trinajstić information content (AvgIpc) is 3.32. The molecule has 202 valence electrons. The Labute approximate surface area is 219 Å². The summed E-state index contributed by atoms with van der Waals surface area (Å²) in [5.41, 5.74) is 0.521. The van der Waals surface area contributed by atoms with Crippen molar-refractivity contribution in [3.63, 3.8) is 0 Å². The Morgan fingerprint density at radius 1 is 1.21 bits per heavy atom. The van der Waals surface area contributed by atoms with E-state index >= 15 is 0 Å². The van der Waals surface area contributed by atoms with Gasteiger partial charge in [-0.2, -0.15) is 19.0 Å². The minimum Gasteiger partial charge on any atom is -0.488 e. The second kappa shape index (κ2) is 11.1. The highest BCUT2D eigenvalue weighted by Gasteiger charge is 2.38. The van der Waals surface area contributed by atoms with Crippen LogP contribution < -0.4 is 25.4 Å². The van der Waals surface area contributed by atoms with Crippen LogP contribution in [0.5, 0.6) is 11.5 Å². The molecule has 3 N–H and O–H groups in total. The van der Waals surface area contributed by atoms with Crippen LogP contribution in [-0.4, -0.2) is 55.3 Å². The number of benzene rings is 1. The largest absolute Gasteiger partial charge is 0.488 e. The van der Waals surface area contributed by atoms with Crippen LogP contribution >= 0.6 is 0 Å². The molecule has 1 fully saturated rings. The average molecular weight is 528 g/mol. The van der Waals surface area contributed by atoms with Crippen molar-refractivity contribution in [2.45, 2.75) is 70.8 Å². The highest BCUT2D eigenvalue weighted by Crippen LogP contribution is 2.34. The molecule has 3 heterocycles. The van der Waals surface area contributed by atoms with E-state index in [9.17, 15) is 14.0 Å². The van der Waals surface area contributed by atoms with Crippen molar-refractivity contribution in [2.75, 3.05) is 17.2 Å². The zero-order valence-corrected chi connectivity index (χ0v) is 21.7. The van der Waals surface area contributed by atoms with Crippen molar-refractivity contribution in [3.8, 4) is 17.6 Å². The van der Waals surface area contributed by atoms with Gasteiger partial charge in [0, 0.05) is 35.1 Å². The summed E-state index contributed by atoms with van der Waals surface area (Å²) in [6.45, 7) is 6.08. The van der Waals surface area contributed by atoms with Crippen LogP contribution in [0.15, 0.2) is 36.8 Å². The molecule has 1 aromatic carbocycles. The molecule has 3 aromatic rings. The Kier molecular flexibility index (Phi) is 7.91. The van der Waals surface area contributed by atoms with Crippen molar-refractivity contribution >= 4 is 17.5 Å². The molecule has 0 radical (unpaired) electrons. The molecule has 0 aliphatic carbocycles.